The minimum absolute atomic E-state index is 0.373. The van der Waals surface area contributed by atoms with Gasteiger partial charge in [0.15, 0.2) is 11.6 Å². The van der Waals surface area contributed by atoms with E-state index in [-0.39, 0.29) is 6.54 Å². The predicted molar refractivity (Wildman–Crippen MR) is 69.9 cm³/mol. The molecule has 0 atom stereocenters. The molecule has 0 heterocycles. The summed E-state index contributed by atoms with van der Waals surface area (Å²) in [6.07, 6.45) is -5.05. The summed E-state index contributed by atoms with van der Waals surface area (Å²) >= 11 is 0. The molecule has 0 saturated carbocycles. The summed E-state index contributed by atoms with van der Waals surface area (Å²) in [5.74, 6) is -3.46. The molecule has 0 aliphatic rings. The van der Waals surface area contributed by atoms with Crippen molar-refractivity contribution in [1.82, 2.24) is 5.43 Å². The summed E-state index contributed by atoms with van der Waals surface area (Å²) in [6.45, 7) is -0.373. The number of nitrogens with one attached hydrogen (secondary N) is 2. The van der Waals surface area contributed by atoms with Gasteiger partial charge in [-0.25, -0.2) is 14.2 Å². The summed E-state index contributed by atoms with van der Waals surface area (Å²) in [6, 6.07) is 9.95. The van der Waals surface area contributed by atoms with E-state index in [2.05, 4.69) is 15.6 Å². The minimum atomic E-state index is -5.05. The Balaban J connectivity index is 2.08. The third kappa shape index (κ3) is 4.32. The molecule has 0 aromatic heterocycles. The van der Waals surface area contributed by atoms with Gasteiger partial charge in [0, 0.05) is 17.8 Å². The van der Waals surface area contributed by atoms with Crippen molar-refractivity contribution in [3.05, 3.63) is 59.7 Å². The zero-order valence-electron chi connectivity index (χ0n) is 11.0. The van der Waals surface area contributed by atoms with E-state index in [9.17, 15) is 22.0 Å². The van der Waals surface area contributed by atoms with E-state index < -0.39 is 29.3 Å². The van der Waals surface area contributed by atoms with Gasteiger partial charge in [-0.05, 0) is 24.3 Å². The molecule has 2 rings (SSSR count). The van der Waals surface area contributed by atoms with Gasteiger partial charge in [0.1, 0.15) is 5.82 Å². The Morgan fingerprint density at radius 2 is 1.64 bits per heavy atom. The molecule has 2 N–H and O–H groups in total. The predicted octanol–water partition coefficient (Wildman–Crippen LogP) is 3.98. The third-order valence-corrected chi connectivity index (χ3v) is 2.65. The first-order chi connectivity index (χ1) is 10.4. The van der Waals surface area contributed by atoms with Crippen LogP contribution in [0.4, 0.5) is 27.6 Å². The first-order valence-electron chi connectivity index (χ1n) is 6.13. The number of hydrogen-bond donors (Lipinski definition) is 2. The number of rotatable bonds is 5. The van der Waals surface area contributed by atoms with Gasteiger partial charge in [-0.2, -0.15) is 0 Å². The fourth-order valence-corrected chi connectivity index (χ4v) is 1.70. The first kappa shape index (κ1) is 16.0. The standard InChI is InChI=1S/C14H11F5N2O/c15-11-6-7-12(22-14(17,18)19)13(16)10(11)8-20-21-9-4-2-1-3-5-9/h1-7,20-21H,8H2. The van der Waals surface area contributed by atoms with Crippen molar-refractivity contribution < 1.29 is 26.7 Å². The molecule has 0 saturated heterocycles. The summed E-state index contributed by atoms with van der Waals surface area (Å²) < 4.78 is 67.3. The average molecular weight is 318 g/mol. The van der Waals surface area contributed by atoms with Gasteiger partial charge in [0.25, 0.3) is 0 Å². The van der Waals surface area contributed by atoms with E-state index in [1.807, 2.05) is 0 Å². The Morgan fingerprint density at radius 1 is 0.955 bits per heavy atom. The molecule has 0 fully saturated rings. The van der Waals surface area contributed by atoms with Gasteiger partial charge in [-0.1, -0.05) is 18.2 Å². The molecule has 2 aromatic carbocycles. The van der Waals surface area contributed by atoms with Crippen molar-refractivity contribution in [2.45, 2.75) is 12.9 Å². The first-order valence-corrected chi connectivity index (χ1v) is 6.13. The molecule has 0 aliphatic heterocycles. The average Bonchev–Trinajstić information content (AvgIpc) is 2.45. The lowest BCUT2D eigenvalue weighted by Gasteiger charge is -2.14. The Kier molecular flexibility index (Phi) is 4.81. The molecule has 3 nitrogen and oxygen atoms in total. The number of hydrazine groups is 1. The highest BCUT2D eigenvalue weighted by Crippen LogP contribution is 2.28. The molecule has 118 valence electrons. The maximum absolute atomic E-state index is 13.9. The number of anilines is 1. The van der Waals surface area contributed by atoms with E-state index in [0.29, 0.717) is 17.8 Å². The Hall–Kier alpha value is -2.35. The van der Waals surface area contributed by atoms with Gasteiger partial charge in [0.05, 0.1) is 0 Å². The van der Waals surface area contributed by atoms with Crippen molar-refractivity contribution in [2.24, 2.45) is 0 Å². The zero-order chi connectivity index (χ0) is 16.2. The SMILES string of the molecule is Fc1ccc(OC(F)(F)F)c(F)c1CNNc1ccccc1. The normalized spacial score (nSPS) is 11.3. The number of halogens is 5. The topological polar surface area (TPSA) is 33.3 Å². The van der Waals surface area contributed by atoms with E-state index >= 15 is 0 Å². The van der Waals surface area contributed by atoms with Crippen molar-refractivity contribution >= 4 is 5.69 Å². The van der Waals surface area contributed by atoms with E-state index in [1.165, 1.54) is 0 Å². The number of hydrogen-bond acceptors (Lipinski definition) is 3. The molecular formula is C14H11F5N2O. The molecule has 8 heteroatoms. The van der Waals surface area contributed by atoms with Crippen LogP contribution < -0.4 is 15.6 Å². The minimum Gasteiger partial charge on any atom is -0.403 e. The number of para-hydroxylation sites is 1. The fraction of sp³-hybridized carbons (Fsp3) is 0.143. The van der Waals surface area contributed by atoms with Crippen LogP contribution in [0.3, 0.4) is 0 Å². The summed E-state index contributed by atoms with van der Waals surface area (Å²) in [5.41, 5.74) is 5.26. The number of benzene rings is 2. The van der Waals surface area contributed by atoms with Crippen LogP contribution in [-0.2, 0) is 6.54 Å². The van der Waals surface area contributed by atoms with E-state index in [1.54, 1.807) is 30.3 Å². The Labute approximate surface area is 122 Å². The van der Waals surface area contributed by atoms with Crippen LogP contribution >= 0.6 is 0 Å². The molecule has 22 heavy (non-hydrogen) atoms. The van der Waals surface area contributed by atoms with Crippen molar-refractivity contribution in [3.63, 3.8) is 0 Å². The van der Waals surface area contributed by atoms with E-state index in [0.717, 1.165) is 0 Å². The maximum atomic E-state index is 13.9. The molecule has 0 bridgehead atoms. The maximum Gasteiger partial charge on any atom is 0.573 e. The smallest absolute Gasteiger partial charge is 0.403 e. The second-order valence-corrected chi connectivity index (χ2v) is 4.23. The van der Waals surface area contributed by atoms with Gasteiger partial charge < -0.3 is 10.2 Å². The van der Waals surface area contributed by atoms with Crippen molar-refractivity contribution in [1.29, 1.82) is 0 Å². The quantitative estimate of drug-likeness (QED) is 0.646. The molecule has 0 amide bonds. The van der Waals surface area contributed by atoms with Gasteiger partial charge in [-0.3, -0.25) is 0 Å². The van der Waals surface area contributed by atoms with Crippen LogP contribution in [0, 0.1) is 11.6 Å². The molecule has 0 unspecified atom stereocenters. The van der Waals surface area contributed by atoms with Crippen LogP contribution in [0.5, 0.6) is 5.75 Å². The fourth-order valence-electron chi connectivity index (χ4n) is 1.70. The van der Waals surface area contributed by atoms with Crippen LogP contribution in [0.1, 0.15) is 5.56 Å². The lowest BCUT2D eigenvalue weighted by atomic mass is 10.2. The summed E-state index contributed by atoms with van der Waals surface area (Å²) in [5, 5.41) is 0. The second kappa shape index (κ2) is 6.61. The van der Waals surface area contributed by atoms with Crippen LogP contribution in [0.2, 0.25) is 0 Å². The second-order valence-electron chi connectivity index (χ2n) is 4.23. The van der Waals surface area contributed by atoms with Crippen LogP contribution in [-0.4, -0.2) is 6.36 Å². The highest BCUT2D eigenvalue weighted by atomic mass is 19.4. The summed E-state index contributed by atoms with van der Waals surface area (Å²) in [7, 11) is 0. The molecule has 0 radical (unpaired) electrons. The lowest BCUT2D eigenvalue weighted by molar-refractivity contribution is -0.275. The third-order valence-electron chi connectivity index (χ3n) is 2.65. The molecule has 2 aromatic rings. The zero-order valence-corrected chi connectivity index (χ0v) is 11.0. The van der Waals surface area contributed by atoms with E-state index in [4.69, 9.17) is 0 Å². The number of ether oxygens (including phenoxy) is 1. The molecule has 0 spiro atoms. The van der Waals surface area contributed by atoms with Gasteiger partial charge in [0.2, 0.25) is 0 Å². The van der Waals surface area contributed by atoms with Crippen molar-refractivity contribution in [2.75, 3.05) is 5.43 Å². The Bertz CT molecular complexity index is 631. The molecule has 0 aliphatic carbocycles. The van der Waals surface area contributed by atoms with Crippen molar-refractivity contribution in [3.8, 4) is 5.75 Å². The highest BCUT2D eigenvalue weighted by molar-refractivity contribution is 5.41. The largest absolute Gasteiger partial charge is 0.573 e. The lowest BCUT2D eigenvalue weighted by Crippen LogP contribution is -2.23. The highest BCUT2D eigenvalue weighted by Gasteiger charge is 2.33. The summed E-state index contributed by atoms with van der Waals surface area (Å²) in [4.78, 5) is 0. The Morgan fingerprint density at radius 3 is 2.27 bits per heavy atom. The monoisotopic (exact) mass is 318 g/mol. The molecular weight excluding hydrogens is 307 g/mol. The van der Waals surface area contributed by atoms with Crippen LogP contribution in [0.15, 0.2) is 42.5 Å². The van der Waals surface area contributed by atoms with Crippen LogP contribution in [0.25, 0.3) is 0 Å². The number of alkyl halides is 3. The van der Waals surface area contributed by atoms with Gasteiger partial charge in [-0.15, -0.1) is 13.2 Å². The van der Waals surface area contributed by atoms with Gasteiger partial charge >= 0.3 is 6.36 Å².